The van der Waals surface area contributed by atoms with Gasteiger partial charge in [-0.1, -0.05) is 66.7 Å². The number of hydrogen-bond donors (Lipinski definition) is 2. The van der Waals surface area contributed by atoms with Crippen molar-refractivity contribution in [1.82, 2.24) is 15.4 Å². The Kier molecular flexibility index (Phi) is 5.48. The highest BCUT2D eigenvalue weighted by molar-refractivity contribution is 5.99. The van der Waals surface area contributed by atoms with Crippen molar-refractivity contribution in [2.75, 3.05) is 6.61 Å². The molecule has 150 valence electrons. The topological polar surface area (TPSA) is 72.4 Å². The number of carbonyl (C=O) groups is 2. The van der Waals surface area contributed by atoms with Gasteiger partial charge in [-0.3, -0.25) is 20.4 Å². The normalized spacial score (nSPS) is 10.6. The summed E-state index contributed by atoms with van der Waals surface area (Å²) >= 11 is 0. The van der Waals surface area contributed by atoms with Crippen LogP contribution in [-0.2, 0) is 11.8 Å². The molecule has 0 radical (unpaired) electrons. The maximum atomic E-state index is 12.5. The number of hydrazine groups is 1. The maximum absolute atomic E-state index is 12.5. The molecule has 1 aromatic heterocycles. The van der Waals surface area contributed by atoms with Gasteiger partial charge in [-0.25, -0.2) is 0 Å². The van der Waals surface area contributed by atoms with Crippen LogP contribution in [0.5, 0.6) is 5.75 Å². The van der Waals surface area contributed by atoms with Gasteiger partial charge in [-0.15, -0.1) is 0 Å². The first kappa shape index (κ1) is 19.3. The Morgan fingerprint density at radius 2 is 1.57 bits per heavy atom. The summed E-state index contributed by atoms with van der Waals surface area (Å²) in [5, 5.41) is 0.956. The lowest BCUT2D eigenvalue weighted by atomic mass is 10.1. The Bertz CT molecular complexity index is 1200. The van der Waals surface area contributed by atoms with Gasteiger partial charge in [0.05, 0.1) is 0 Å². The molecule has 0 spiro atoms. The van der Waals surface area contributed by atoms with E-state index in [0.717, 1.165) is 22.0 Å². The van der Waals surface area contributed by atoms with E-state index in [1.54, 1.807) is 10.6 Å². The first-order valence-electron chi connectivity index (χ1n) is 9.54. The molecule has 0 atom stereocenters. The third-order valence-corrected chi connectivity index (χ3v) is 4.83. The van der Waals surface area contributed by atoms with E-state index in [0.29, 0.717) is 11.4 Å². The number of carbonyl (C=O) groups excluding carboxylic acids is 2. The van der Waals surface area contributed by atoms with Crippen LogP contribution in [0, 0.1) is 0 Å². The molecule has 30 heavy (non-hydrogen) atoms. The summed E-state index contributed by atoms with van der Waals surface area (Å²) in [5.74, 6) is -0.254. The molecule has 2 N–H and O–H groups in total. The van der Waals surface area contributed by atoms with Gasteiger partial charge in [-0.05, 0) is 23.8 Å². The predicted octanol–water partition coefficient (Wildman–Crippen LogP) is 3.69. The highest BCUT2D eigenvalue weighted by Crippen LogP contribution is 2.29. The molecule has 6 heteroatoms. The number of aromatic nitrogens is 1. The van der Waals surface area contributed by atoms with Crippen LogP contribution in [0.3, 0.4) is 0 Å². The molecule has 4 rings (SSSR count). The van der Waals surface area contributed by atoms with Crippen LogP contribution >= 0.6 is 0 Å². The van der Waals surface area contributed by atoms with Crippen molar-refractivity contribution in [2.24, 2.45) is 7.05 Å². The van der Waals surface area contributed by atoms with E-state index < -0.39 is 11.8 Å². The van der Waals surface area contributed by atoms with Crippen molar-refractivity contribution in [2.45, 2.75) is 0 Å². The van der Waals surface area contributed by atoms with Crippen LogP contribution in [0.15, 0.2) is 84.9 Å². The molecule has 6 nitrogen and oxygen atoms in total. The number of benzene rings is 3. The molecule has 1 heterocycles. The Labute approximate surface area is 174 Å². The summed E-state index contributed by atoms with van der Waals surface area (Å²) in [6.45, 7) is -0.223. The number of aryl methyl sites for hydroxylation is 1. The van der Waals surface area contributed by atoms with E-state index in [1.165, 1.54) is 0 Å². The van der Waals surface area contributed by atoms with E-state index in [4.69, 9.17) is 4.74 Å². The molecule has 0 aliphatic heterocycles. The van der Waals surface area contributed by atoms with Crippen molar-refractivity contribution >= 4 is 22.7 Å². The summed E-state index contributed by atoms with van der Waals surface area (Å²) in [7, 11) is 1.81. The second-order valence-corrected chi connectivity index (χ2v) is 6.80. The molecule has 0 bridgehead atoms. The van der Waals surface area contributed by atoms with Crippen LogP contribution in [-0.4, -0.2) is 23.0 Å². The smallest absolute Gasteiger partial charge is 0.286 e. The van der Waals surface area contributed by atoms with Crippen LogP contribution < -0.4 is 15.6 Å². The molecular weight excluding hydrogens is 378 g/mol. The number of ether oxygens (including phenoxy) is 1. The molecule has 0 aliphatic carbocycles. The summed E-state index contributed by atoms with van der Waals surface area (Å²) in [6.07, 6.45) is 0. The average molecular weight is 399 g/mol. The van der Waals surface area contributed by atoms with Gasteiger partial charge in [0.2, 0.25) is 0 Å². The maximum Gasteiger partial charge on any atom is 0.286 e. The lowest BCUT2D eigenvalue weighted by molar-refractivity contribution is -0.123. The van der Waals surface area contributed by atoms with Crippen molar-refractivity contribution in [3.8, 4) is 16.9 Å². The molecule has 0 unspecified atom stereocenters. The fourth-order valence-electron chi connectivity index (χ4n) is 3.33. The lowest BCUT2D eigenvalue weighted by Gasteiger charge is -2.12. The molecule has 4 aromatic rings. The molecule has 0 fully saturated rings. The standard InChI is InChI=1S/C24H21N3O3/c1-27-20-13-7-5-11-18(20)15-21(27)24(29)26-25-23(28)16-30-22-14-8-6-12-19(22)17-9-3-2-4-10-17/h2-15H,16H2,1H3,(H,25,28)(H,26,29). The fourth-order valence-corrected chi connectivity index (χ4v) is 3.33. The van der Waals surface area contributed by atoms with Crippen LogP contribution in [0.25, 0.3) is 22.0 Å². The van der Waals surface area contributed by atoms with Gasteiger partial charge >= 0.3 is 0 Å². The van der Waals surface area contributed by atoms with Crippen molar-refractivity contribution < 1.29 is 14.3 Å². The number of fused-ring (bicyclic) bond motifs is 1. The Balaban J connectivity index is 1.37. The van der Waals surface area contributed by atoms with Crippen LogP contribution in [0.4, 0.5) is 0 Å². The van der Waals surface area contributed by atoms with Crippen molar-refractivity contribution in [1.29, 1.82) is 0 Å². The molecule has 0 saturated heterocycles. The Hall–Kier alpha value is -4.06. The lowest BCUT2D eigenvalue weighted by Crippen LogP contribution is -2.44. The van der Waals surface area contributed by atoms with Crippen LogP contribution in [0.1, 0.15) is 10.5 Å². The van der Waals surface area contributed by atoms with Gasteiger partial charge in [-0.2, -0.15) is 0 Å². The zero-order valence-corrected chi connectivity index (χ0v) is 16.5. The second-order valence-electron chi connectivity index (χ2n) is 6.80. The van der Waals surface area contributed by atoms with E-state index in [9.17, 15) is 9.59 Å². The second kappa shape index (κ2) is 8.53. The first-order chi connectivity index (χ1) is 14.6. The molecular formula is C24H21N3O3. The van der Waals surface area contributed by atoms with E-state index in [-0.39, 0.29) is 6.61 Å². The Morgan fingerprint density at radius 3 is 2.37 bits per heavy atom. The zero-order chi connectivity index (χ0) is 20.9. The average Bonchev–Trinajstić information content (AvgIpc) is 3.13. The minimum atomic E-state index is -0.454. The number of amides is 2. The van der Waals surface area contributed by atoms with Crippen LogP contribution in [0.2, 0.25) is 0 Å². The van der Waals surface area contributed by atoms with E-state index >= 15 is 0 Å². The minimum absolute atomic E-state index is 0.223. The largest absolute Gasteiger partial charge is 0.483 e. The number of hydrogen-bond acceptors (Lipinski definition) is 3. The first-order valence-corrected chi connectivity index (χ1v) is 9.54. The number of nitrogens with one attached hydrogen (secondary N) is 2. The monoisotopic (exact) mass is 399 g/mol. The van der Waals surface area contributed by atoms with Gasteiger partial charge in [0.15, 0.2) is 6.61 Å². The summed E-state index contributed by atoms with van der Waals surface area (Å²) < 4.78 is 7.48. The zero-order valence-electron chi connectivity index (χ0n) is 16.5. The number of nitrogens with zero attached hydrogens (tertiary/aromatic N) is 1. The molecule has 0 aliphatic rings. The minimum Gasteiger partial charge on any atom is -0.483 e. The summed E-state index contributed by atoms with van der Waals surface area (Å²) in [4.78, 5) is 24.7. The van der Waals surface area contributed by atoms with E-state index in [2.05, 4.69) is 10.9 Å². The third-order valence-electron chi connectivity index (χ3n) is 4.83. The fraction of sp³-hybridized carbons (Fsp3) is 0.0833. The number of para-hydroxylation sites is 2. The van der Waals surface area contributed by atoms with Gasteiger partial charge in [0, 0.05) is 23.5 Å². The quantitative estimate of drug-likeness (QED) is 0.503. The van der Waals surface area contributed by atoms with Crippen molar-refractivity contribution in [3.63, 3.8) is 0 Å². The molecule has 0 saturated carbocycles. The van der Waals surface area contributed by atoms with Gasteiger partial charge in [0.25, 0.3) is 11.8 Å². The Morgan fingerprint density at radius 1 is 0.867 bits per heavy atom. The SMILES string of the molecule is Cn1c(C(=O)NNC(=O)COc2ccccc2-c2ccccc2)cc2ccccc21. The summed E-state index contributed by atoms with van der Waals surface area (Å²) in [6, 6.07) is 26.8. The number of rotatable bonds is 5. The summed E-state index contributed by atoms with van der Waals surface area (Å²) in [5.41, 5.74) is 8.13. The van der Waals surface area contributed by atoms with Crippen molar-refractivity contribution in [3.05, 3.63) is 90.6 Å². The molecule has 2 amide bonds. The highest BCUT2D eigenvalue weighted by Gasteiger charge is 2.14. The van der Waals surface area contributed by atoms with Gasteiger partial charge < -0.3 is 9.30 Å². The van der Waals surface area contributed by atoms with Gasteiger partial charge in [0.1, 0.15) is 11.4 Å². The van der Waals surface area contributed by atoms with E-state index in [1.807, 2.05) is 85.9 Å². The predicted molar refractivity (Wildman–Crippen MR) is 116 cm³/mol. The highest BCUT2D eigenvalue weighted by atomic mass is 16.5. The third kappa shape index (κ3) is 4.03. The molecule has 3 aromatic carbocycles.